The Morgan fingerprint density at radius 3 is 2.17 bits per heavy atom. The first kappa shape index (κ1) is 14.7. The number of hydrogen-bond acceptors (Lipinski definition) is 1. The van der Waals surface area contributed by atoms with Crippen molar-refractivity contribution in [2.75, 3.05) is 0 Å². The minimum atomic E-state index is -0.140. The third-order valence-corrected chi connectivity index (χ3v) is 2.80. The summed E-state index contributed by atoms with van der Waals surface area (Å²) >= 11 is 0. The van der Waals surface area contributed by atoms with Crippen LogP contribution in [0.1, 0.15) is 58.1 Å². The topological polar surface area (TPSA) is 29.1 Å². The van der Waals surface area contributed by atoms with Gasteiger partial charge in [0.15, 0.2) is 0 Å². The second-order valence-corrected chi connectivity index (χ2v) is 6.19. The highest BCUT2D eigenvalue weighted by Crippen LogP contribution is 2.15. The molecule has 2 heteroatoms. The van der Waals surface area contributed by atoms with E-state index in [1.165, 1.54) is 11.1 Å². The van der Waals surface area contributed by atoms with Gasteiger partial charge >= 0.3 is 0 Å². The van der Waals surface area contributed by atoms with Gasteiger partial charge in [0.05, 0.1) is 0 Å². The smallest absolute Gasteiger partial charge is 0.220 e. The van der Waals surface area contributed by atoms with Crippen LogP contribution in [0.2, 0.25) is 0 Å². The van der Waals surface area contributed by atoms with E-state index in [0.29, 0.717) is 12.3 Å². The van der Waals surface area contributed by atoms with Crippen LogP contribution >= 0.6 is 0 Å². The summed E-state index contributed by atoms with van der Waals surface area (Å²) in [5.74, 6) is 0.679. The van der Waals surface area contributed by atoms with Gasteiger partial charge in [0.25, 0.3) is 0 Å². The van der Waals surface area contributed by atoms with Gasteiger partial charge in [-0.15, -0.1) is 0 Å². The van der Waals surface area contributed by atoms with Crippen molar-refractivity contribution in [3.05, 3.63) is 35.4 Å². The third kappa shape index (κ3) is 5.35. The van der Waals surface area contributed by atoms with Gasteiger partial charge < -0.3 is 5.32 Å². The van der Waals surface area contributed by atoms with Crippen LogP contribution in [0.25, 0.3) is 0 Å². The molecule has 18 heavy (non-hydrogen) atoms. The highest BCUT2D eigenvalue weighted by atomic mass is 16.1. The lowest BCUT2D eigenvalue weighted by Gasteiger charge is -2.20. The normalized spacial score (nSPS) is 11.7. The molecule has 1 aromatic carbocycles. The number of rotatable bonds is 4. The van der Waals surface area contributed by atoms with Crippen LogP contribution in [0, 0.1) is 0 Å². The summed E-state index contributed by atoms with van der Waals surface area (Å²) in [4.78, 5) is 11.7. The van der Waals surface area contributed by atoms with Crippen molar-refractivity contribution in [1.82, 2.24) is 5.32 Å². The average molecular weight is 247 g/mol. The Labute approximate surface area is 111 Å². The van der Waals surface area contributed by atoms with E-state index in [-0.39, 0.29) is 11.4 Å². The van der Waals surface area contributed by atoms with E-state index in [0.717, 1.165) is 6.42 Å². The zero-order valence-electron chi connectivity index (χ0n) is 12.2. The van der Waals surface area contributed by atoms with Crippen LogP contribution in [0.15, 0.2) is 24.3 Å². The summed E-state index contributed by atoms with van der Waals surface area (Å²) in [5.41, 5.74) is 2.43. The van der Waals surface area contributed by atoms with Crippen molar-refractivity contribution in [3.63, 3.8) is 0 Å². The Kier molecular flexibility index (Phi) is 4.94. The Balaban J connectivity index is 2.46. The molecule has 1 N–H and O–H groups in total. The molecule has 0 aliphatic heterocycles. The fourth-order valence-electron chi connectivity index (χ4n) is 1.81. The van der Waals surface area contributed by atoms with E-state index in [9.17, 15) is 4.79 Å². The SMILES string of the molecule is CC(C)c1ccc(CCC(=O)NC(C)(C)C)cc1. The van der Waals surface area contributed by atoms with Gasteiger partial charge in [-0.2, -0.15) is 0 Å². The quantitative estimate of drug-likeness (QED) is 0.864. The number of amides is 1. The van der Waals surface area contributed by atoms with Gasteiger partial charge in [-0.3, -0.25) is 4.79 Å². The molecule has 0 aliphatic rings. The number of carbonyl (C=O) groups is 1. The van der Waals surface area contributed by atoms with Crippen LogP contribution in [0.5, 0.6) is 0 Å². The van der Waals surface area contributed by atoms with Crippen molar-refractivity contribution in [2.24, 2.45) is 0 Å². The molecule has 0 spiro atoms. The number of hydrogen-bond donors (Lipinski definition) is 1. The fourth-order valence-corrected chi connectivity index (χ4v) is 1.81. The Hall–Kier alpha value is -1.31. The van der Waals surface area contributed by atoms with Crippen molar-refractivity contribution in [1.29, 1.82) is 0 Å². The van der Waals surface area contributed by atoms with Crippen molar-refractivity contribution in [2.45, 2.75) is 58.9 Å². The zero-order chi connectivity index (χ0) is 13.8. The molecule has 0 atom stereocenters. The molecular weight excluding hydrogens is 222 g/mol. The monoisotopic (exact) mass is 247 g/mol. The molecule has 2 nitrogen and oxygen atoms in total. The van der Waals surface area contributed by atoms with Crippen molar-refractivity contribution < 1.29 is 4.79 Å². The molecule has 1 amide bonds. The van der Waals surface area contributed by atoms with E-state index in [4.69, 9.17) is 0 Å². The minimum absolute atomic E-state index is 0.121. The second-order valence-electron chi connectivity index (χ2n) is 6.19. The molecule has 0 saturated heterocycles. The summed E-state index contributed by atoms with van der Waals surface area (Å²) < 4.78 is 0. The predicted molar refractivity (Wildman–Crippen MR) is 76.7 cm³/mol. The lowest BCUT2D eigenvalue weighted by Crippen LogP contribution is -2.40. The number of aryl methyl sites for hydroxylation is 1. The van der Waals surface area contributed by atoms with Crippen molar-refractivity contribution in [3.8, 4) is 0 Å². The maximum atomic E-state index is 11.7. The predicted octanol–water partition coefficient (Wildman–Crippen LogP) is 3.66. The lowest BCUT2D eigenvalue weighted by molar-refractivity contribution is -0.122. The molecule has 0 saturated carbocycles. The van der Waals surface area contributed by atoms with Gasteiger partial charge in [-0.25, -0.2) is 0 Å². The van der Waals surface area contributed by atoms with E-state index in [1.807, 2.05) is 20.8 Å². The first-order valence-electron chi connectivity index (χ1n) is 6.68. The molecule has 0 unspecified atom stereocenters. The summed E-state index contributed by atoms with van der Waals surface area (Å²) in [5, 5.41) is 2.98. The molecule has 0 aliphatic carbocycles. The highest BCUT2D eigenvalue weighted by molar-refractivity contribution is 5.76. The van der Waals surface area contributed by atoms with Crippen LogP contribution < -0.4 is 5.32 Å². The maximum absolute atomic E-state index is 11.7. The number of benzene rings is 1. The zero-order valence-corrected chi connectivity index (χ0v) is 12.2. The molecule has 0 fully saturated rings. The molecule has 1 aromatic rings. The summed E-state index contributed by atoms with van der Waals surface area (Å²) in [6.07, 6.45) is 1.36. The largest absolute Gasteiger partial charge is 0.351 e. The Morgan fingerprint density at radius 2 is 1.72 bits per heavy atom. The summed E-state index contributed by atoms with van der Waals surface area (Å²) in [6, 6.07) is 8.56. The number of carbonyl (C=O) groups excluding carboxylic acids is 1. The summed E-state index contributed by atoms with van der Waals surface area (Å²) in [7, 11) is 0. The van der Waals surface area contributed by atoms with Crippen LogP contribution in [0.4, 0.5) is 0 Å². The molecule has 100 valence electrons. The number of nitrogens with one attached hydrogen (secondary N) is 1. The Bertz CT molecular complexity index is 385. The maximum Gasteiger partial charge on any atom is 0.220 e. The van der Waals surface area contributed by atoms with Gasteiger partial charge in [0.1, 0.15) is 0 Å². The molecule has 0 radical (unpaired) electrons. The van der Waals surface area contributed by atoms with Crippen LogP contribution in [-0.4, -0.2) is 11.4 Å². The Morgan fingerprint density at radius 1 is 1.17 bits per heavy atom. The van der Waals surface area contributed by atoms with Gasteiger partial charge in [0, 0.05) is 12.0 Å². The van der Waals surface area contributed by atoms with Crippen molar-refractivity contribution >= 4 is 5.91 Å². The van der Waals surface area contributed by atoms with Crippen LogP contribution in [-0.2, 0) is 11.2 Å². The average Bonchev–Trinajstić information content (AvgIpc) is 2.24. The van der Waals surface area contributed by atoms with Gasteiger partial charge in [-0.05, 0) is 44.2 Å². The van der Waals surface area contributed by atoms with Gasteiger partial charge in [0.2, 0.25) is 5.91 Å². The van der Waals surface area contributed by atoms with E-state index in [2.05, 4.69) is 43.4 Å². The molecule has 0 aromatic heterocycles. The van der Waals surface area contributed by atoms with E-state index in [1.54, 1.807) is 0 Å². The summed E-state index contributed by atoms with van der Waals surface area (Å²) in [6.45, 7) is 10.4. The fraction of sp³-hybridized carbons (Fsp3) is 0.562. The van der Waals surface area contributed by atoms with E-state index < -0.39 is 0 Å². The lowest BCUT2D eigenvalue weighted by atomic mass is 10.00. The standard InChI is InChI=1S/C16H25NO/c1-12(2)14-9-6-13(7-10-14)8-11-15(18)17-16(3,4)5/h6-7,9-10,12H,8,11H2,1-5H3,(H,17,18). The second kappa shape index (κ2) is 6.03. The molecular formula is C16H25NO. The first-order valence-corrected chi connectivity index (χ1v) is 6.68. The molecule has 0 heterocycles. The van der Waals surface area contributed by atoms with Crippen LogP contribution in [0.3, 0.4) is 0 Å². The highest BCUT2D eigenvalue weighted by Gasteiger charge is 2.13. The van der Waals surface area contributed by atoms with Gasteiger partial charge in [-0.1, -0.05) is 38.1 Å². The molecule has 1 rings (SSSR count). The minimum Gasteiger partial charge on any atom is -0.351 e. The van der Waals surface area contributed by atoms with E-state index >= 15 is 0 Å². The first-order chi connectivity index (χ1) is 8.28. The third-order valence-electron chi connectivity index (χ3n) is 2.80. The molecule has 0 bridgehead atoms.